The van der Waals surface area contributed by atoms with Gasteiger partial charge in [-0.25, -0.2) is 4.79 Å². The van der Waals surface area contributed by atoms with Crippen molar-refractivity contribution in [1.82, 2.24) is 5.32 Å². The van der Waals surface area contributed by atoms with Gasteiger partial charge in [0.25, 0.3) is 0 Å². The van der Waals surface area contributed by atoms with Crippen LogP contribution in [0.1, 0.15) is 11.1 Å². The molecule has 0 spiro atoms. The Kier molecular flexibility index (Phi) is 4.88. The van der Waals surface area contributed by atoms with Gasteiger partial charge in [0, 0.05) is 12.2 Å². The van der Waals surface area contributed by atoms with Gasteiger partial charge in [-0.2, -0.15) is 0 Å². The lowest BCUT2D eigenvalue weighted by molar-refractivity contribution is 0.251. The molecule has 0 heterocycles. The molecule has 0 saturated carbocycles. The number of hydrogen-bond acceptors (Lipinski definition) is 1. The predicted octanol–water partition coefficient (Wildman–Crippen LogP) is 4.62. The van der Waals surface area contributed by atoms with Gasteiger partial charge in [-0.3, -0.25) is 0 Å². The topological polar surface area (TPSA) is 41.1 Å². The van der Waals surface area contributed by atoms with Crippen molar-refractivity contribution in [2.75, 3.05) is 5.32 Å². The van der Waals surface area contributed by atoms with Crippen molar-refractivity contribution in [3.05, 3.63) is 63.6 Å². The summed E-state index contributed by atoms with van der Waals surface area (Å²) in [4.78, 5) is 11.8. The second kappa shape index (κ2) is 6.64. The van der Waals surface area contributed by atoms with Crippen molar-refractivity contribution in [3.63, 3.8) is 0 Å². The van der Waals surface area contributed by atoms with Gasteiger partial charge in [0.2, 0.25) is 0 Å². The van der Waals surface area contributed by atoms with Crippen LogP contribution in [0.3, 0.4) is 0 Å². The minimum absolute atomic E-state index is 0.287. The number of amides is 2. The van der Waals surface area contributed by atoms with E-state index in [4.69, 9.17) is 23.2 Å². The maximum absolute atomic E-state index is 11.8. The van der Waals surface area contributed by atoms with E-state index >= 15 is 0 Å². The lowest BCUT2D eigenvalue weighted by Gasteiger charge is -2.09. The molecule has 0 fully saturated rings. The Morgan fingerprint density at radius 1 is 1.10 bits per heavy atom. The summed E-state index contributed by atoms with van der Waals surface area (Å²) in [7, 11) is 0. The smallest absolute Gasteiger partial charge is 0.319 e. The zero-order chi connectivity index (χ0) is 14.5. The van der Waals surface area contributed by atoms with Gasteiger partial charge < -0.3 is 10.6 Å². The Morgan fingerprint density at radius 3 is 2.60 bits per heavy atom. The van der Waals surface area contributed by atoms with E-state index in [1.54, 1.807) is 18.2 Å². The number of nitrogens with one attached hydrogen (secondary N) is 2. The van der Waals surface area contributed by atoms with Gasteiger partial charge in [-0.05, 0) is 30.7 Å². The molecule has 2 rings (SSSR count). The number of hydrogen-bond donors (Lipinski definition) is 2. The van der Waals surface area contributed by atoms with Crippen molar-refractivity contribution >= 4 is 34.9 Å². The second-order valence-electron chi connectivity index (χ2n) is 4.43. The monoisotopic (exact) mass is 308 g/mol. The molecule has 104 valence electrons. The molecule has 0 aliphatic heterocycles. The van der Waals surface area contributed by atoms with Crippen molar-refractivity contribution < 1.29 is 4.79 Å². The fraction of sp³-hybridized carbons (Fsp3) is 0.133. The number of carbonyl (C=O) groups is 1. The molecule has 20 heavy (non-hydrogen) atoms. The highest BCUT2D eigenvalue weighted by molar-refractivity contribution is 6.42. The number of carbonyl (C=O) groups excluding carboxylic acids is 1. The summed E-state index contributed by atoms with van der Waals surface area (Å²) in [5.74, 6) is 0. The molecule has 0 atom stereocenters. The van der Waals surface area contributed by atoms with E-state index in [2.05, 4.69) is 10.6 Å². The number of rotatable bonds is 3. The molecular weight excluding hydrogens is 295 g/mol. The van der Waals surface area contributed by atoms with Crippen LogP contribution < -0.4 is 10.6 Å². The maximum Gasteiger partial charge on any atom is 0.319 e. The van der Waals surface area contributed by atoms with E-state index < -0.39 is 0 Å². The Hall–Kier alpha value is -1.71. The Bertz CT molecular complexity index is 629. The third kappa shape index (κ3) is 4.15. The summed E-state index contributed by atoms with van der Waals surface area (Å²) in [5, 5.41) is 6.35. The average Bonchev–Trinajstić information content (AvgIpc) is 2.41. The number of halogens is 2. The third-order valence-corrected chi connectivity index (χ3v) is 3.45. The van der Waals surface area contributed by atoms with Crippen molar-refractivity contribution in [2.24, 2.45) is 0 Å². The van der Waals surface area contributed by atoms with Crippen LogP contribution in [0.15, 0.2) is 42.5 Å². The van der Waals surface area contributed by atoms with Crippen LogP contribution >= 0.6 is 23.2 Å². The minimum atomic E-state index is -0.287. The summed E-state index contributed by atoms with van der Waals surface area (Å²) in [6.45, 7) is 2.48. The zero-order valence-corrected chi connectivity index (χ0v) is 12.4. The summed E-state index contributed by atoms with van der Waals surface area (Å²) in [6.07, 6.45) is 0. The van der Waals surface area contributed by atoms with Gasteiger partial charge in [0.05, 0.1) is 10.0 Å². The van der Waals surface area contributed by atoms with Gasteiger partial charge in [0.15, 0.2) is 0 Å². The van der Waals surface area contributed by atoms with Crippen LogP contribution in [0, 0.1) is 6.92 Å². The van der Waals surface area contributed by atoms with Gasteiger partial charge in [-0.15, -0.1) is 0 Å². The summed E-state index contributed by atoms with van der Waals surface area (Å²) < 4.78 is 0. The molecule has 5 heteroatoms. The largest absolute Gasteiger partial charge is 0.334 e. The van der Waals surface area contributed by atoms with Crippen LogP contribution in [0.2, 0.25) is 10.0 Å². The van der Waals surface area contributed by atoms with Crippen LogP contribution in [0.4, 0.5) is 10.5 Å². The van der Waals surface area contributed by atoms with Gasteiger partial charge in [0.1, 0.15) is 0 Å². The molecular formula is C15H14Cl2N2O. The number of aryl methyl sites for hydroxylation is 1. The van der Waals surface area contributed by atoms with E-state index in [9.17, 15) is 4.79 Å². The summed E-state index contributed by atoms with van der Waals surface area (Å²) >= 11 is 11.7. The van der Waals surface area contributed by atoms with E-state index in [1.165, 1.54) is 0 Å². The molecule has 3 nitrogen and oxygen atoms in total. The van der Waals surface area contributed by atoms with Gasteiger partial charge in [-0.1, -0.05) is 53.0 Å². The van der Waals surface area contributed by atoms with Crippen LogP contribution in [-0.4, -0.2) is 6.03 Å². The first-order valence-corrected chi connectivity index (χ1v) is 6.85. The molecule has 2 aromatic rings. The quantitative estimate of drug-likeness (QED) is 0.853. The standard InChI is InChI=1S/C15H14Cl2N2O/c1-10-3-2-4-11(7-10)9-18-15(20)19-12-5-6-13(16)14(17)8-12/h2-8H,9H2,1H3,(H2,18,19,20). The fourth-order valence-corrected chi connectivity index (χ4v) is 2.05. The summed E-state index contributed by atoms with van der Waals surface area (Å²) in [5.41, 5.74) is 2.81. The number of anilines is 1. The lowest BCUT2D eigenvalue weighted by atomic mass is 10.1. The fourth-order valence-electron chi connectivity index (χ4n) is 1.75. The normalized spacial score (nSPS) is 10.2. The molecule has 0 bridgehead atoms. The summed E-state index contributed by atoms with van der Waals surface area (Å²) in [6, 6.07) is 12.6. The first-order valence-electron chi connectivity index (χ1n) is 6.10. The van der Waals surface area contributed by atoms with Crippen LogP contribution in [0.5, 0.6) is 0 Å². The minimum Gasteiger partial charge on any atom is -0.334 e. The van der Waals surface area contributed by atoms with Crippen LogP contribution in [-0.2, 0) is 6.54 Å². The number of urea groups is 1. The van der Waals surface area contributed by atoms with Crippen LogP contribution in [0.25, 0.3) is 0 Å². The molecule has 2 N–H and O–H groups in total. The van der Waals surface area contributed by atoms with E-state index in [0.717, 1.165) is 11.1 Å². The highest BCUT2D eigenvalue weighted by Gasteiger charge is 2.04. The van der Waals surface area contributed by atoms with Crippen molar-refractivity contribution in [3.8, 4) is 0 Å². The first kappa shape index (κ1) is 14.7. The Balaban J connectivity index is 1.91. The van der Waals surface area contributed by atoms with E-state index in [0.29, 0.717) is 22.3 Å². The highest BCUT2D eigenvalue weighted by atomic mass is 35.5. The molecule has 2 amide bonds. The van der Waals surface area contributed by atoms with E-state index in [1.807, 2.05) is 31.2 Å². The first-order chi connectivity index (χ1) is 9.54. The van der Waals surface area contributed by atoms with Crippen molar-refractivity contribution in [1.29, 1.82) is 0 Å². The number of benzene rings is 2. The molecule has 0 aliphatic carbocycles. The molecule has 0 unspecified atom stereocenters. The third-order valence-electron chi connectivity index (χ3n) is 2.71. The lowest BCUT2D eigenvalue weighted by Crippen LogP contribution is -2.28. The Labute approximate surface area is 127 Å². The molecule has 0 aliphatic rings. The molecule has 0 saturated heterocycles. The predicted molar refractivity (Wildman–Crippen MR) is 83.5 cm³/mol. The molecule has 2 aromatic carbocycles. The van der Waals surface area contributed by atoms with Crippen molar-refractivity contribution in [2.45, 2.75) is 13.5 Å². The zero-order valence-electron chi connectivity index (χ0n) is 10.9. The second-order valence-corrected chi connectivity index (χ2v) is 5.24. The SMILES string of the molecule is Cc1cccc(CNC(=O)Nc2ccc(Cl)c(Cl)c2)c1. The Morgan fingerprint density at radius 2 is 1.90 bits per heavy atom. The van der Waals surface area contributed by atoms with E-state index in [-0.39, 0.29) is 6.03 Å². The molecule has 0 radical (unpaired) electrons. The molecule has 0 aromatic heterocycles. The van der Waals surface area contributed by atoms with Gasteiger partial charge >= 0.3 is 6.03 Å². The highest BCUT2D eigenvalue weighted by Crippen LogP contribution is 2.24. The maximum atomic E-state index is 11.8. The average molecular weight is 309 g/mol.